The molecular formula is C21H31N3O6. The van der Waals surface area contributed by atoms with E-state index < -0.39 is 41.9 Å². The minimum Gasteiger partial charge on any atom is -0.466 e. The van der Waals surface area contributed by atoms with Gasteiger partial charge in [0.05, 0.1) is 13.0 Å². The zero-order valence-electron chi connectivity index (χ0n) is 17.8. The highest BCUT2D eigenvalue weighted by Crippen LogP contribution is 2.12. The summed E-state index contributed by atoms with van der Waals surface area (Å²) < 4.78 is 10.0. The molecule has 0 saturated carbocycles. The number of hydrogen-bond acceptors (Lipinski definition) is 6. The Balaban J connectivity index is 2.72. The molecule has 1 rings (SSSR count). The van der Waals surface area contributed by atoms with Crippen LogP contribution in [0.2, 0.25) is 0 Å². The van der Waals surface area contributed by atoms with Gasteiger partial charge in [-0.1, -0.05) is 51.1 Å². The van der Waals surface area contributed by atoms with Gasteiger partial charge in [-0.05, 0) is 24.3 Å². The Bertz CT molecular complexity index is 723. The predicted octanol–water partition coefficient (Wildman–Crippen LogP) is 1.50. The van der Waals surface area contributed by atoms with Crippen molar-refractivity contribution in [2.75, 3.05) is 6.61 Å². The lowest BCUT2D eigenvalue weighted by Crippen LogP contribution is -2.56. The van der Waals surface area contributed by atoms with Crippen LogP contribution in [0.5, 0.6) is 0 Å². The summed E-state index contributed by atoms with van der Waals surface area (Å²) in [6.45, 7) is 7.03. The van der Waals surface area contributed by atoms with Crippen molar-refractivity contribution in [3.8, 4) is 0 Å². The van der Waals surface area contributed by atoms with E-state index in [9.17, 15) is 19.2 Å². The molecule has 0 aliphatic heterocycles. The third-order valence-corrected chi connectivity index (χ3v) is 4.40. The molecule has 0 aliphatic carbocycles. The number of rotatable bonds is 11. The number of carbonyl (C=O) groups is 4. The van der Waals surface area contributed by atoms with E-state index in [-0.39, 0.29) is 25.6 Å². The predicted molar refractivity (Wildman–Crippen MR) is 110 cm³/mol. The van der Waals surface area contributed by atoms with Gasteiger partial charge in [0.25, 0.3) is 0 Å². The largest absolute Gasteiger partial charge is 0.466 e. The van der Waals surface area contributed by atoms with E-state index >= 15 is 0 Å². The molecule has 0 saturated heterocycles. The first-order valence-electron chi connectivity index (χ1n) is 9.88. The summed E-state index contributed by atoms with van der Waals surface area (Å²) in [5.41, 5.74) is 6.21. The Morgan fingerprint density at radius 1 is 0.967 bits per heavy atom. The highest BCUT2D eigenvalue weighted by Gasteiger charge is 2.32. The fourth-order valence-electron chi connectivity index (χ4n) is 2.76. The average Bonchev–Trinajstić information content (AvgIpc) is 2.68. The van der Waals surface area contributed by atoms with Gasteiger partial charge in [-0.3, -0.25) is 14.4 Å². The van der Waals surface area contributed by atoms with Gasteiger partial charge < -0.3 is 25.8 Å². The summed E-state index contributed by atoms with van der Waals surface area (Å²) in [6, 6.07) is 7.06. The van der Waals surface area contributed by atoms with Crippen molar-refractivity contribution in [2.45, 2.75) is 52.8 Å². The molecule has 1 aromatic rings. The number of benzene rings is 1. The Hall–Kier alpha value is -3.10. The molecule has 30 heavy (non-hydrogen) atoms. The van der Waals surface area contributed by atoms with Crippen LogP contribution >= 0.6 is 0 Å². The van der Waals surface area contributed by atoms with Crippen LogP contribution in [0.4, 0.5) is 4.79 Å². The molecule has 0 bridgehead atoms. The zero-order valence-corrected chi connectivity index (χ0v) is 17.8. The number of alkyl carbamates (subject to hydrolysis) is 1. The number of carbonyl (C=O) groups excluding carboxylic acids is 4. The van der Waals surface area contributed by atoms with Gasteiger partial charge in [-0.25, -0.2) is 4.79 Å². The van der Waals surface area contributed by atoms with Crippen molar-refractivity contribution in [3.63, 3.8) is 0 Å². The molecule has 0 radical (unpaired) electrons. The second-order valence-electron chi connectivity index (χ2n) is 7.30. The normalized spacial score (nSPS) is 13.6. The number of primary amides is 1. The van der Waals surface area contributed by atoms with Gasteiger partial charge >= 0.3 is 12.1 Å². The maximum absolute atomic E-state index is 12.7. The third-order valence-electron chi connectivity index (χ3n) is 4.40. The highest BCUT2D eigenvalue weighted by atomic mass is 16.5. The molecule has 1 aromatic carbocycles. The van der Waals surface area contributed by atoms with Crippen LogP contribution in [0.25, 0.3) is 0 Å². The summed E-state index contributed by atoms with van der Waals surface area (Å²) >= 11 is 0. The smallest absolute Gasteiger partial charge is 0.408 e. The quantitative estimate of drug-likeness (QED) is 0.463. The zero-order chi connectivity index (χ0) is 22.7. The lowest BCUT2D eigenvalue weighted by Gasteiger charge is -2.26. The number of esters is 1. The lowest BCUT2D eigenvalue weighted by atomic mass is 9.96. The van der Waals surface area contributed by atoms with Crippen molar-refractivity contribution in [2.24, 2.45) is 17.6 Å². The van der Waals surface area contributed by atoms with E-state index in [1.165, 1.54) is 0 Å². The monoisotopic (exact) mass is 421 g/mol. The third kappa shape index (κ3) is 8.50. The minimum atomic E-state index is -1.09. The second kappa shape index (κ2) is 12.5. The second-order valence-corrected chi connectivity index (χ2v) is 7.30. The van der Waals surface area contributed by atoms with Crippen molar-refractivity contribution in [1.82, 2.24) is 10.6 Å². The number of nitrogens with two attached hydrogens (primary N) is 1. The van der Waals surface area contributed by atoms with E-state index in [2.05, 4.69) is 10.6 Å². The molecular weight excluding hydrogens is 390 g/mol. The number of amides is 3. The Labute approximate surface area is 176 Å². The molecule has 0 aliphatic rings. The number of hydrogen-bond donors (Lipinski definition) is 3. The number of ether oxygens (including phenoxy) is 2. The van der Waals surface area contributed by atoms with Gasteiger partial charge in [-0.15, -0.1) is 0 Å². The number of nitrogens with one attached hydrogen (secondary N) is 2. The van der Waals surface area contributed by atoms with Crippen molar-refractivity contribution in [3.05, 3.63) is 35.9 Å². The molecule has 9 nitrogen and oxygen atoms in total. The molecule has 0 spiro atoms. The van der Waals surface area contributed by atoms with E-state index in [4.69, 9.17) is 15.2 Å². The van der Waals surface area contributed by atoms with Crippen LogP contribution in [0.3, 0.4) is 0 Å². The maximum atomic E-state index is 12.7. The van der Waals surface area contributed by atoms with Crippen LogP contribution < -0.4 is 16.4 Å². The van der Waals surface area contributed by atoms with Gasteiger partial charge in [0.2, 0.25) is 11.8 Å². The molecule has 3 atom stereocenters. The first-order valence-corrected chi connectivity index (χ1v) is 9.88. The average molecular weight is 421 g/mol. The molecule has 0 aromatic heterocycles. The van der Waals surface area contributed by atoms with E-state index in [1.807, 2.05) is 30.3 Å². The standard InChI is InChI=1S/C21H31N3O6/c1-5-29-16(25)11-14(4)18(19(22)26)23-20(27)17(13(2)3)24-21(28)30-12-15-9-7-6-8-10-15/h6-10,13-14,17-18H,5,11-12H2,1-4H3,(H2,22,26)(H,23,27)(H,24,28)/t14-,17-,18-/m0/s1. The summed E-state index contributed by atoms with van der Waals surface area (Å²) in [7, 11) is 0. The van der Waals surface area contributed by atoms with Gasteiger partial charge in [-0.2, -0.15) is 0 Å². The molecule has 4 N–H and O–H groups in total. The highest BCUT2D eigenvalue weighted by molar-refractivity contribution is 5.91. The molecule has 0 fully saturated rings. The van der Waals surface area contributed by atoms with E-state index in [0.29, 0.717) is 0 Å². The van der Waals surface area contributed by atoms with Gasteiger partial charge in [0.1, 0.15) is 18.7 Å². The Morgan fingerprint density at radius 2 is 1.60 bits per heavy atom. The van der Waals surface area contributed by atoms with Crippen LogP contribution in [-0.2, 0) is 30.5 Å². The van der Waals surface area contributed by atoms with Crippen LogP contribution in [-0.4, -0.2) is 42.6 Å². The summed E-state index contributed by atoms with van der Waals surface area (Å²) in [4.78, 5) is 48.4. The lowest BCUT2D eigenvalue weighted by molar-refractivity contribution is -0.145. The fourth-order valence-corrected chi connectivity index (χ4v) is 2.76. The summed E-state index contributed by atoms with van der Waals surface area (Å²) in [6.07, 6.45) is -0.844. The summed E-state index contributed by atoms with van der Waals surface area (Å²) in [5.74, 6) is -2.74. The van der Waals surface area contributed by atoms with Gasteiger partial charge in [0, 0.05) is 0 Å². The van der Waals surface area contributed by atoms with E-state index in [1.54, 1.807) is 27.7 Å². The Morgan fingerprint density at radius 3 is 2.13 bits per heavy atom. The molecule has 0 unspecified atom stereocenters. The van der Waals surface area contributed by atoms with Gasteiger partial charge in [0.15, 0.2) is 0 Å². The topological polar surface area (TPSA) is 137 Å². The first kappa shape index (κ1) is 24.9. The maximum Gasteiger partial charge on any atom is 0.408 e. The van der Waals surface area contributed by atoms with E-state index in [0.717, 1.165) is 5.56 Å². The molecule has 3 amide bonds. The molecule has 166 valence electrons. The molecule has 0 heterocycles. The van der Waals surface area contributed by atoms with Crippen LogP contribution in [0, 0.1) is 11.8 Å². The minimum absolute atomic E-state index is 0.0552. The fraction of sp³-hybridized carbons (Fsp3) is 0.524. The summed E-state index contributed by atoms with van der Waals surface area (Å²) in [5, 5.41) is 5.05. The van der Waals surface area contributed by atoms with Crippen LogP contribution in [0.1, 0.15) is 39.7 Å². The van der Waals surface area contributed by atoms with Crippen LogP contribution in [0.15, 0.2) is 30.3 Å². The Kier molecular flexibility index (Phi) is 10.4. The molecule has 9 heteroatoms. The SMILES string of the molecule is CCOC(=O)C[C@H](C)[C@H](NC(=O)[C@@H](NC(=O)OCc1ccccc1)C(C)C)C(N)=O. The van der Waals surface area contributed by atoms with Crippen molar-refractivity contribution in [1.29, 1.82) is 0 Å². The first-order chi connectivity index (χ1) is 14.1. The van der Waals surface area contributed by atoms with Crippen molar-refractivity contribution < 1.29 is 28.7 Å². The van der Waals surface area contributed by atoms with Crippen molar-refractivity contribution >= 4 is 23.9 Å².